The number of rotatable bonds is 7. The van der Waals surface area contributed by atoms with Crippen LogP contribution in [-0.4, -0.2) is 51.5 Å². The molecule has 1 saturated heterocycles. The lowest BCUT2D eigenvalue weighted by Gasteiger charge is -2.41. The van der Waals surface area contributed by atoms with E-state index in [1.165, 1.54) is 11.1 Å². The maximum atomic E-state index is 13.1. The van der Waals surface area contributed by atoms with Crippen LogP contribution in [0.4, 0.5) is 0 Å². The highest BCUT2D eigenvalue weighted by molar-refractivity contribution is 5.83. The minimum Gasteiger partial charge on any atom is -0.347 e. The third-order valence-electron chi connectivity index (χ3n) is 7.06. The number of benzene rings is 1. The van der Waals surface area contributed by atoms with Gasteiger partial charge in [0.25, 0.3) is 0 Å². The van der Waals surface area contributed by atoms with E-state index in [9.17, 15) is 4.79 Å². The Hall–Kier alpha value is -2.95. The lowest BCUT2D eigenvalue weighted by Crippen LogP contribution is -2.58. The molecule has 3 unspecified atom stereocenters. The van der Waals surface area contributed by atoms with E-state index >= 15 is 0 Å². The van der Waals surface area contributed by atoms with Crippen molar-refractivity contribution in [3.8, 4) is 6.07 Å². The second kappa shape index (κ2) is 9.50. The third-order valence-corrected chi connectivity index (χ3v) is 7.06. The fraction of sp³-hybridized carbons (Fsp3) is 0.500. The van der Waals surface area contributed by atoms with Gasteiger partial charge in [0.2, 0.25) is 5.91 Å². The van der Waals surface area contributed by atoms with Gasteiger partial charge in [-0.25, -0.2) is 9.99 Å². The summed E-state index contributed by atoms with van der Waals surface area (Å²) < 4.78 is 0. The molecule has 7 heteroatoms. The van der Waals surface area contributed by atoms with Gasteiger partial charge in [0.15, 0.2) is 0 Å². The van der Waals surface area contributed by atoms with Crippen molar-refractivity contribution < 1.29 is 4.79 Å². The third kappa shape index (κ3) is 5.35. The monoisotopic (exact) mass is 446 g/mol. The topological polar surface area (TPSA) is 88.1 Å². The number of hydrogen-bond acceptors (Lipinski definition) is 5. The molecule has 0 spiro atoms. The van der Waals surface area contributed by atoms with Crippen molar-refractivity contribution >= 4 is 5.91 Å². The van der Waals surface area contributed by atoms with Crippen LogP contribution in [0.25, 0.3) is 0 Å². The van der Waals surface area contributed by atoms with E-state index in [0.29, 0.717) is 11.5 Å². The molecule has 2 aromatic rings. The summed E-state index contributed by atoms with van der Waals surface area (Å²) in [6.45, 7) is 11.7. The van der Waals surface area contributed by atoms with E-state index in [1.54, 1.807) is 6.33 Å². The number of nitriles is 1. The number of aromatic amines is 1. The number of carbonyl (C=O) groups is 1. The fourth-order valence-corrected chi connectivity index (χ4v) is 5.05. The number of nitrogens with zero attached hydrogens (tertiary/aromatic N) is 4. The van der Waals surface area contributed by atoms with Gasteiger partial charge >= 0.3 is 0 Å². The van der Waals surface area contributed by atoms with E-state index < -0.39 is 0 Å². The summed E-state index contributed by atoms with van der Waals surface area (Å²) in [5.41, 5.74) is 7.44. The maximum absolute atomic E-state index is 13.1. The number of H-pyrrole nitrogens is 1. The second-order valence-electron chi connectivity index (χ2n) is 10.2. The summed E-state index contributed by atoms with van der Waals surface area (Å²) in [6, 6.07) is 10.2. The normalized spacial score (nSPS) is 24.6. The van der Waals surface area contributed by atoms with Gasteiger partial charge in [-0.2, -0.15) is 5.26 Å². The molecule has 2 N–H and O–H groups in total. The maximum Gasteiger partial charge on any atom is 0.238 e. The van der Waals surface area contributed by atoms with Crippen molar-refractivity contribution in [1.82, 2.24) is 25.3 Å². The molecule has 0 radical (unpaired) electrons. The van der Waals surface area contributed by atoms with E-state index in [0.717, 1.165) is 38.3 Å². The quantitative estimate of drug-likeness (QED) is 0.638. The molecular formula is C26H34N6O. The Morgan fingerprint density at radius 3 is 2.70 bits per heavy atom. The van der Waals surface area contributed by atoms with Gasteiger partial charge in [-0.3, -0.25) is 15.1 Å². The molecule has 1 aromatic heterocycles. The van der Waals surface area contributed by atoms with E-state index in [-0.39, 0.29) is 23.3 Å². The molecule has 1 saturated carbocycles. The number of imidazole rings is 1. The summed E-state index contributed by atoms with van der Waals surface area (Å²) >= 11 is 0. The minimum atomic E-state index is 0.00564. The molecule has 2 aliphatic rings. The van der Waals surface area contributed by atoms with Gasteiger partial charge in [0.05, 0.1) is 23.9 Å². The SMILES string of the molecule is CC(C)=CC1C(C(=O)NN2CCN(Cc3cnc[nH]3)C(Cc3ccc(C#N)cc3)C2)C1(C)C. The number of allylic oxidation sites excluding steroid dienone is 2. The van der Waals surface area contributed by atoms with E-state index in [4.69, 9.17) is 5.26 Å². The summed E-state index contributed by atoms with van der Waals surface area (Å²) in [5.74, 6) is 0.452. The van der Waals surface area contributed by atoms with Crippen LogP contribution >= 0.6 is 0 Å². The van der Waals surface area contributed by atoms with Crippen LogP contribution in [0.3, 0.4) is 0 Å². The molecule has 1 aliphatic carbocycles. The Morgan fingerprint density at radius 2 is 2.06 bits per heavy atom. The second-order valence-corrected chi connectivity index (χ2v) is 10.2. The molecule has 2 fully saturated rings. The van der Waals surface area contributed by atoms with Gasteiger partial charge in [0, 0.05) is 44.1 Å². The number of hydrogen-bond donors (Lipinski definition) is 2. The van der Waals surface area contributed by atoms with Gasteiger partial charge in [-0.05, 0) is 49.3 Å². The van der Waals surface area contributed by atoms with Gasteiger partial charge in [-0.1, -0.05) is 37.6 Å². The zero-order chi connectivity index (χ0) is 23.6. The number of amides is 1. The molecule has 1 amide bonds. The van der Waals surface area contributed by atoms with Crippen molar-refractivity contribution in [2.45, 2.75) is 46.7 Å². The van der Waals surface area contributed by atoms with Gasteiger partial charge in [0.1, 0.15) is 0 Å². The average molecular weight is 447 g/mol. The summed E-state index contributed by atoms with van der Waals surface area (Å²) in [6.07, 6.45) is 6.66. The van der Waals surface area contributed by atoms with Crippen molar-refractivity contribution in [3.05, 3.63) is 65.3 Å². The van der Waals surface area contributed by atoms with Gasteiger partial charge < -0.3 is 4.98 Å². The predicted octanol–water partition coefficient (Wildman–Crippen LogP) is 3.28. The van der Waals surface area contributed by atoms with Crippen LogP contribution in [0.1, 0.15) is 44.5 Å². The highest BCUT2D eigenvalue weighted by Gasteiger charge is 2.60. The molecule has 4 rings (SSSR count). The first kappa shape index (κ1) is 23.2. The van der Waals surface area contributed by atoms with Crippen molar-refractivity contribution in [2.24, 2.45) is 17.3 Å². The highest BCUT2D eigenvalue weighted by Crippen LogP contribution is 2.59. The van der Waals surface area contributed by atoms with Crippen LogP contribution < -0.4 is 5.43 Å². The Morgan fingerprint density at radius 1 is 1.30 bits per heavy atom. The Balaban J connectivity index is 1.43. The highest BCUT2D eigenvalue weighted by atomic mass is 16.2. The molecule has 0 bridgehead atoms. The molecule has 3 atom stereocenters. The molecule has 1 aliphatic heterocycles. The first-order chi connectivity index (χ1) is 15.8. The number of hydrazine groups is 1. The number of aromatic nitrogens is 2. The smallest absolute Gasteiger partial charge is 0.238 e. The largest absolute Gasteiger partial charge is 0.347 e. The molecular weight excluding hydrogens is 412 g/mol. The van der Waals surface area contributed by atoms with Crippen LogP contribution in [-0.2, 0) is 17.8 Å². The van der Waals surface area contributed by atoms with Crippen LogP contribution in [0.2, 0.25) is 0 Å². The molecule has 33 heavy (non-hydrogen) atoms. The first-order valence-corrected chi connectivity index (χ1v) is 11.7. The van der Waals surface area contributed by atoms with Crippen LogP contribution in [0.5, 0.6) is 0 Å². The number of carbonyl (C=O) groups excluding carboxylic acids is 1. The molecule has 7 nitrogen and oxygen atoms in total. The molecule has 1 aromatic carbocycles. The summed E-state index contributed by atoms with van der Waals surface area (Å²) in [7, 11) is 0. The Kier molecular flexibility index (Phi) is 6.68. The fourth-order valence-electron chi connectivity index (χ4n) is 5.05. The van der Waals surface area contributed by atoms with E-state index in [1.807, 2.05) is 30.5 Å². The lowest BCUT2D eigenvalue weighted by atomic mass is 10.0. The van der Waals surface area contributed by atoms with Crippen molar-refractivity contribution in [1.29, 1.82) is 5.26 Å². The first-order valence-electron chi connectivity index (χ1n) is 11.7. The Labute approximate surface area is 196 Å². The predicted molar refractivity (Wildman–Crippen MR) is 128 cm³/mol. The average Bonchev–Trinajstić information content (AvgIpc) is 3.09. The number of nitrogens with one attached hydrogen (secondary N) is 2. The zero-order valence-corrected chi connectivity index (χ0v) is 20.0. The van der Waals surface area contributed by atoms with E-state index in [2.05, 4.69) is 65.1 Å². The standard InChI is InChI=1S/C26H34N6O/c1-18(2)11-23-24(26(23,3)4)25(33)30-32-10-9-31(15-21-14-28-17-29-21)22(16-32)12-19-5-7-20(13-27)8-6-19/h5-8,11,14,17,22-24H,9-10,12,15-16H2,1-4H3,(H,28,29)(H,30,33). The van der Waals surface area contributed by atoms with Crippen molar-refractivity contribution in [2.75, 3.05) is 19.6 Å². The Bertz CT molecular complexity index is 1030. The summed E-state index contributed by atoms with van der Waals surface area (Å²) in [4.78, 5) is 22.9. The molecule has 2 heterocycles. The summed E-state index contributed by atoms with van der Waals surface area (Å²) in [5, 5.41) is 11.2. The van der Waals surface area contributed by atoms with Gasteiger partial charge in [-0.15, -0.1) is 0 Å². The molecule has 174 valence electrons. The number of piperazine rings is 1. The zero-order valence-electron chi connectivity index (χ0n) is 20.0. The van der Waals surface area contributed by atoms with Crippen molar-refractivity contribution in [3.63, 3.8) is 0 Å². The minimum absolute atomic E-state index is 0.00564. The lowest BCUT2D eigenvalue weighted by molar-refractivity contribution is -0.129. The van der Waals surface area contributed by atoms with Crippen LogP contribution in [0.15, 0.2) is 48.4 Å². The van der Waals surface area contributed by atoms with Crippen LogP contribution in [0, 0.1) is 28.6 Å².